The van der Waals surface area contributed by atoms with Crippen LogP contribution in [-0.2, 0) is 6.42 Å². The summed E-state index contributed by atoms with van der Waals surface area (Å²) in [6, 6.07) is 12.5. The molecule has 0 heterocycles. The third-order valence-electron chi connectivity index (χ3n) is 3.20. The molecule has 0 aromatic heterocycles. The Morgan fingerprint density at radius 3 is 2.50 bits per heavy atom. The fourth-order valence-electron chi connectivity index (χ4n) is 2.23. The Balaban J connectivity index is 2.40. The minimum absolute atomic E-state index is 0.253. The van der Waals surface area contributed by atoms with Crippen molar-refractivity contribution in [2.75, 3.05) is 18.0 Å². The molecule has 0 aliphatic heterocycles. The van der Waals surface area contributed by atoms with E-state index in [9.17, 15) is 4.39 Å². The molecule has 0 aliphatic carbocycles. The standard InChI is InChI=1S/C16H18ClFN2/c1-2-20(16-6-4-3-5-14(16)18)15-8-7-12(9-10-19)11-13(15)17/h3-8,11H,2,9-10,19H2,1H3. The molecule has 106 valence electrons. The summed E-state index contributed by atoms with van der Waals surface area (Å²) in [5, 5.41) is 0.612. The molecular weight excluding hydrogens is 275 g/mol. The van der Waals surface area contributed by atoms with Gasteiger partial charge in [-0.1, -0.05) is 29.8 Å². The Hall–Kier alpha value is -1.58. The Kier molecular flexibility index (Phi) is 4.99. The van der Waals surface area contributed by atoms with Crippen LogP contribution in [0.3, 0.4) is 0 Å². The zero-order chi connectivity index (χ0) is 14.5. The van der Waals surface area contributed by atoms with Crippen LogP contribution in [0, 0.1) is 5.82 Å². The minimum Gasteiger partial charge on any atom is -0.338 e. The molecule has 2 nitrogen and oxygen atoms in total. The molecule has 0 atom stereocenters. The van der Waals surface area contributed by atoms with Gasteiger partial charge in [-0.15, -0.1) is 0 Å². The third-order valence-corrected chi connectivity index (χ3v) is 3.50. The Morgan fingerprint density at radius 1 is 1.15 bits per heavy atom. The van der Waals surface area contributed by atoms with Gasteiger partial charge in [0.25, 0.3) is 0 Å². The molecule has 2 aromatic carbocycles. The first-order valence-electron chi connectivity index (χ1n) is 6.68. The summed E-state index contributed by atoms with van der Waals surface area (Å²) < 4.78 is 13.9. The monoisotopic (exact) mass is 292 g/mol. The first kappa shape index (κ1) is 14.8. The molecule has 0 saturated carbocycles. The predicted octanol–water partition coefficient (Wildman–Crippen LogP) is 4.14. The normalized spacial score (nSPS) is 10.6. The second kappa shape index (κ2) is 6.73. The van der Waals surface area contributed by atoms with Crippen molar-refractivity contribution in [2.24, 2.45) is 5.73 Å². The molecule has 4 heteroatoms. The van der Waals surface area contributed by atoms with Crippen LogP contribution in [0.15, 0.2) is 42.5 Å². The van der Waals surface area contributed by atoms with Gasteiger partial charge in [-0.05, 0) is 49.7 Å². The first-order chi connectivity index (χ1) is 9.67. The van der Waals surface area contributed by atoms with Crippen LogP contribution < -0.4 is 10.6 Å². The highest BCUT2D eigenvalue weighted by Crippen LogP contribution is 2.33. The van der Waals surface area contributed by atoms with Crippen LogP contribution in [0.2, 0.25) is 5.02 Å². The SMILES string of the molecule is CCN(c1ccccc1F)c1ccc(CCN)cc1Cl. The fourth-order valence-corrected chi connectivity index (χ4v) is 2.54. The van der Waals surface area contributed by atoms with Crippen molar-refractivity contribution >= 4 is 23.0 Å². The molecule has 0 bridgehead atoms. The average molecular weight is 293 g/mol. The molecule has 0 saturated heterocycles. The number of nitrogens with two attached hydrogens (primary N) is 1. The van der Waals surface area contributed by atoms with Crippen molar-refractivity contribution in [3.8, 4) is 0 Å². The van der Waals surface area contributed by atoms with Crippen LogP contribution >= 0.6 is 11.6 Å². The number of hydrogen-bond acceptors (Lipinski definition) is 2. The number of nitrogens with zero attached hydrogens (tertiary/aromatic N) is 1. The van der Waals surface area contributed by atoms with E-state index in [2.05, 4.69) is 0 Å². The van der Waals surface area contributed by atoms with Crippen LogP contribution in [0.25, 0.3) is 0 Å². The minimum atomic E-state index is -0.253. The molecule has 0 aliphatic rings. The lowest BCUT2D eigenvalue weighted by Crippen LogP contribution is -2.18. The van der Waals surface area contributed by atoms with Crippen LogP contribution in [0.1, 0.15) is 12.5 Å². The maximum absolute atomic E-state index is 13.9. The van der Waals surface area contributed by atoms with E-state index >= 15 is 0 Å². The molecule has 0 spiro atoms. The van der Waals surface area contributed by atoms with Crippen molar-refractivity contribution in [1.82, 2.24) is 0 Å². The van der Waals surface area contributed by atoms with Crippen LogP contribution in [0.5, 0.6) is 0 Å². The summed E-state index contributed by atoms with van der Waals surface area (Å²) in [5.41, 5.74) is 7.97. The summed E-state index contributed by atoms with van der Waals surface area (Å²) >= 11 is 6.34. The van der Waals surface area contributed by atoms with Crippen LogP contribution in [0.4, 0.5) is 15.8 Å². The van der Waals surface area contributed by atoms with E-state index in [0.29, 0.717) is 23.8 Å². The molecule has 2 aromatic rings. The summed E-state index contributed by atoms with van der Waals surface area (Å²) in [6.07, 6.45) is 0.784. The van der Waals surface area contributed by atoms with E-state index in [-0.39, 0.29) is 5.82 Å². The molecule has 0 fully saturated rings. The van der Waals surface area contributed by atoms with Crippen molar-refractivity contribution < 1.29 is 4.39 Å². The maximum atomic E-state index is 13.9. The highest BCUT2D eigenvalue weighted by Gasteiger charge is 2.14. The highest BCUT2D eigenvalue weighted by molar-refractivity contribution is 6.33. The summed E-state index contributed by atoms with van der Waals surface area (Å²) in [5.74, 6) is -0.253. The van der Waals surface area contributed by atoms with Crippen molar-refractivity contribution in [2.45, 2.75) is 13.3 Å². The summed E-state index contributed by atoms with van der Waals surface area (Å²) in [4.78, 5) is 1.86. The predicted molar refractivity (Wildman–Crippen MR) is 83.3 cm³/mol. The van der Waals surface area contributed by atoms with Gasteiger partial charge in [-0.3, -0.25) is 0 Å². The van der Waals surface area contributed by atoms with Crippen molar-refractivity contribution in [3.05, 3.63) is 58.9 Å². The highest BCUT2D eigenvalue weighted by atomic mass is 35.5. The second-order valence-corrected chi connectivity index (χ2v) is 4.93. The average Bonchev–Trinajstić information content (AvgIpc) is 2.44. The van der Waals surface area contributed by atoms with E-state index in [1.807, 2.05) is 36.1 Å². The van der Waals surface area contributed by atoms with Gasteiger partial charge in [0.2, 0.25) is 0 Å². The van der Waals surface area contributed by atoms with Gasteiger partial charge in [0.05, 0.1) is 16.4 Å². The molecule has 0 amide bonds. The second-order valence-electron chi connectivity index (χ2n) is 4.52. The molecule has 2 rings (SSSR count). The van der Waals surface area contributed by atoms with Gasteiger partial charge in [-0.25, -0.2) is 4.39 Å². The van der Waals surface area contributed by atoms with Gasteiger partial charge in [-0.2, -0.15) is 0 Å². The summed E-state index contributed by atoms with van der Waals surface area (Å²) in [6.45, 7) is 3.19. The number of para-hydroxylation sites is 1. The maximum Gasteiger partial charge on any atom is 0.146 e. The Labute approximate surface area is 124 Å². The van der Waals surface area contributed by atoms with Gasteiger partial charge >= 0.3 is 0 Å². The van der Waals surface area contributed by atoms with Crippen LogP contribution in [-0.4, -0.2) is 13.1 Å². The van der Waals surface area contributed by atoms with Crippen molar-refractivity contribution in [3.63, 3.8) is 0 Å². The molecule has 20 heavy (non-hydrogen) atoms. The summed E-state index contributed by atoms with van der Waals surface area (Å²) in [7, 11) is 0. The lowest BCUT2D eigenvalue weighted by Gasteiger charge is -2.25. The number of hydrogen-bond donors (Lipinski definition) is 1. The third kappa shape index (κ3) is 3.11. The van der Waals surface area contributed by atoms with E-state index in [1.165, 1.54) is 6.07 Å². The smallest absolute Gasteiger partial charge is 0.146 e. The van der Waals surface area contributed by atoms with E-state index in [0.717, 1.165) is 17.7 Å². The van der Waals surface area contributed by atoms with Crippen molar-refractivity contribution in [1.29, 1.82) is 0 Å². The number of halogens is 2. The lowest BCUT2D eigenvalue weighted by atomic mass is 10.1. The lowest BCUT2D eigenvalue weighted by molar-refractivity contribution is 0.625. The first-order valence-corrected chi connectivity index (χ1v) is 7.05. The molecule has 2 N–H and O–H groups in total. The van der Waals surface area contributed by atoms with E-state index < -0.39 is 0 Å². The Morgan fingerprint density at radius 2 is 1.90 bits per heavy atom. The quantitative estimate of drug-likeness (QED) is 0.897. The zero-order valence-corrected chi connectivity index (χ0v) is 12.2. The van der Waals surface area contributed by atoms with E-state index in [4.69, 9.17) is 17.3 Å². The molecule has 0 radical (unpaired) electrons. The largest absolute Gasteiger partial charge is 0.338 e. The van der Waals surface area contributed by atoms with Gasteiger partial charge in [0.15, 0.2) is 0 Å². The number of rotatable bonds is 5. The topological polar surface area (TPSA) is 29.3 Å². The zero-order valence-electron chi connectivity index (χ0n) is 11.4. The fraction of sp³-hybridized carbons (Fsp3) is 0.250. The van der Waals surface area contributed by atoms with E-state index in [1.54, 1.807) is 12.1 Å². The number of anilines is 2. The van der Waals surface area contributed by atoms with Gasteiger partial charge < -0.3 is 10.6 Å². The van der Waals surface area contributed by atoms with Gasteiger partial charge in [0.1, 0.15) is 5.82 Å². The van der Waals surface area contributed by atoms with Gasteiger partial charge in [0, 0.05) is 6.54 Å². The number of benzene rings is 2. The molecular formula is C16H18ClFN2. The molecule has 0 unspecified atom stereocenters. The Bertz CT molecular complexity index is 586.